The van der Waals surface area contributed by atoms with Gasteiger partial charge >= 0.3 is 0 Å². The topological polar surface area (TPSA) is 30.0 Å². The molecule has 3 atom stereocenters. The summed E-state index contributed by atoms with van der Waals surface area (Å²) in [5.41, 5.74) is 1.64. The predicted molar refractivity (Wildman–Crippen MR) is 74.9 cm³/mol. The van der Waals surface area contributed by atoms with Crippen LogP contribution < -0.4 is 0 Å². The lowest BCUT2D eigenvalue weighted by Crippen LogP contribution is -2.19. The number of rotatable bonds is 2. The van der Waals surface area contributed by atoms with Gasteiger partial charge in [-0.2, -0.15) is 0 Å². The van der Waals surface area contributed by atoms with Gasteiger partial charge in [0.05, 0.1) is 5.52 Å². The number of aromatic nitrogens is 1. The first-order valence-electron chi connectivity index (χ1n) is 6.89. The van der Waals surface area contributed by atoms with Crippen molar-refractivity contribution in [3.05, 3.63) is 54.2 Å². The summed E-state index contributed by atoms with van der Waals surface area (Å²) >= 11 is 0. The third-order valence-corrected chi connectivity index (χ3v) is 4.51. The maximum atomic E-state index is 12.8. The van der Waals surface area contributed by atoms with Crippen molar-refractivity contribution in [2.75, 3.05) is 0 Å². The van der Waals surface area contributed by atoms with Gasteiger partial charge in [0.15, 0.2) is 5.78 Å². The summed E-state index contributed by atoms with van der Waals surface area (Å²) in [7, 11) is 0. The second-order valence-corrected chi connectivity index (χ2v) is 5.63. The van der Waals surface area contributed by atoms with Crippen LogP contribution in [0.2, 0.25) is 0 Å². The minimum Gasteiger partial charge on any atom is -0.294 e. The number of fused-ring (bicyclic) bond motifs is 3. The molecule has 0 saturated heterocycles. The van der Waals surface area contributed by atoms with E-state index < -0.39 is 0 Å². The summed E-state index contributed by atoms with van der Waals surface area (Å²) < 4.78 is 0. The molecule has 0 radical (unpaired) electrons. The zero-order valence-electron chi connectivity index (χ0n) is 10.6. The van der Waals surface area contributed by atoms with E-state index in [1.54, 1.807) is 6.20 Å². The lowest BCUT2D eigenvalue weighted by molar-refractivity contribution is 0.0903. The zero-order chi connectivity index (χ0) is 12.8. The lowest BCUT2D eigenvalue weighted by atomic mass is 9.86. The Morgan fingerprint density at radius 1 is 1.11 bits per heavy atom. The highest BCUT2D eigenvalue weighted by Crippen LogP contribution is 2.45. The molecule has 1 aromatic heterocycles. The monoisotopic (exact) mass is 249 g/mol. The van der Waals surface area contributed by atoms with E-state index in [9.17, 15) is 4.79 Å². The number of pyridine rings is 1. The molecule has 0 aliphatic heterocycles. The second-order valence-electron chi connectivity index (χ2n) is 5.63. The van der Waals surface area contributed by atoms with E-state index in [2.05, 4.69) is 17.1 Å². The Balaban J connectivity index is 1.78. The molecule has 0 spiro atoms. The zero-order valence-corrected chi connectivity index (χ0v) is 10.6. The van der Waals surface area contributed by atoms with Gasteiger partial charge in [0.25, 0.3) is 0 Å². The van der Waals surface area contributed by atoms with Crippen LogP contribution in [0.5, 0.6) is 0 Å². The Hall–Kier alpha value is -1.96. The van der Waals surface area contributed by atoms with Crippen molar-refractivity contribution in [3.8, 4) is 0 Å². The van der Waals surface area contributed by atoms with Crippen molar-refractivity contribution in [1.29, 1.82) is 0 Å². The Morgan fingerprint density at radius 2 is 2.00 bits per heavy atom. The number of hydrogen-bond acceptors (Lipinski definition) is 2. The summed E-state index contributed by atoms with van der Waals surface area (Å²) in [6.07, 6.45) is 8.45. The smallest absolute Gasteiger partial charge is 0.168 e. The van der Waals surface area contributed by atoms with Crippen molar-refractivity contribution >= 4 is 16.7 Å². The first kappa shape index (κ1) is 10.9. The molecule has 0 N–H and O–H groups in total. The fourth-order valence-corrected chi connectivity index (χ4v) is 3.58. The molecule has 0 amide bonds. The van der Waals surface area contributed by atoms with E-state index in [1.807, 2.05) is 30.3 Å². The molecule has 2 heteroatoms. The van der Waals surface area contributed by atoms with Gasteiger partial charge < -0.3 is 0 Å². The SMILES string of the molecule is O=C(c1cccc2cccnc12)[C@H]1C[C@H]2C=C[C@@H]1C2. The summed E-state index contributed by atoms with van der Waals surface area (Å²) in [4.78, 5) is 17.2. The highest BCUT2D eigenvalue weighted by atomic mass is 16.1. The van der Waals surface area contributed by atoms with Crippen molar-refractivity contribution in [2.24, 2.45) is 17.8 Å². The number of para-hydroxylation sites is 1. The number of carbonyl (C=O) groups excluding carboxylic acids is 1. The van der Waals surface area contributed by atoms with Crippen LogP contribution in [0.1, 0.15) is 23.2 Å². The third kappa shape index (κ3) is 1.63. The maximum absolute atomic E-state index is 12.8. The molecule has 2 aromatic rings. The van der Waals surface area contributed by atoms with Crippen molar-refractivity contribution in [3.63, 3.8) is 0 Å². The molecule has 19 heavy (non-hydrogen) atoms. The van der Waals surface area contributed by atoms with Crippen molar-refractivity contribution in [1.82, 2.24) is 4.98 Å². The van der Waals surface area contributed by atoms with Gasteiger partial charge in [-0.25, -0.2) is 0 Å². The second kappa shape index (κ2) is 4.02. The maximum Gasteiger partial charge on any atom is 0.168 e. The van der Waals surface area contributed by atoms with Crippen LogP contribution in [0.3, 0.4) is 0 Å². The van der Waals surface area contributed by atoms with Crippen LogP contribution in [0, 0.1) is 17.8 Å². The Bertz CT molecular complexity index is 683. The number of ketones is 1. The molecule has 1 heterocycles. The molecule has 2 aliphatic carbocycles. The van der Waals surface area contributed by atoms with Crippen molar-refractivity contribution in [2.45, 2.75) is 12.8 Å². The van der Waals surface area contributed by atoms with Gasteiger partial charge in [-0.05, 0) is 36.8 Å². The van der Waals surface area contributed by atoms with Crippen LogP contribution in [0.4, 0.5) is 0 Å². The Morgan fingerprint density at radius 3 is 2.79 bits per heavy atom. The van der Waals surface area contributed by atoms with Gasteiger partial charge in [-0.15, -0.1) is 0 Å². The van der Waals surface area contributed by atoms with Gasteiger partial charge in [0.1, 0.15) is 0 Å². The number of carbonyl (C=O) groups is 1. The standard InChI is InChI=1S/C17H15NO/c19-17(15-10-11-6-7-13(15)9-11)14-5-1-3-12-4-2-8-18-16(12)14/h1-8,11,13,15H,9-10H2/t11-,13+,15-/m0/s1. The first-order chi connectivity index (χ1) is 9.33. The molecule has 1 saturated carbocycles. The van der Waals surface area contributed by atoms with E-state index in [-0.39, 0.29) is 11.7 Å². The highest BCUT2D eigenvalue weighted by molar-refractivity contribution is 6.08. The average Bonchev–Trinajstić information content (AvgIpc) is 3.08. The van der Waals surface area contributed by atoms with Gasteiger partial charge in [-0.3, -0.25) is 9.78 Å². The van der Waals surface area contributed by atoms with Crippen LogP contribution >= 0.6 is 0 Å². The highest BCUT2D eigenvalue weighted by Gasteiger charge is 2.40. The quantitative estimate of drug-likeness (QED) is 0.601. The molecule has 1 fully saturated rings. The largest absolute Gasteiger partial charge is 0.294 e. The summed E-state index contributed by atoms with van der Waals surface area (Å²) in [5, 5.41) is 1.05. The average molecular weight is 249 g/mol. The van der Waals surface area contributed by atoms with Crippen LogP contribution in [-0.4, -0.2) is 10.8 Å². The summed E-state index contributed by atoms with van der Waals surface area (Å²) in [6.45, 7) is 0. The van der Waals surface area contributed by atoms with Gasteiger partial charge in [0.2, 0.25) is 0 Å². The normalized spacial score (nSPS) is 28.1. The molecule has 0 unspecified atom stereocenters. The first-order valence-corrected chi connectivity index (χ1v) is 6.89. The van der Waals surface area contributed by atoms with E-state index in [1.165, 1.54) is 0 Å². The van der Waals surface area contributed by atoms with E-state index in [4.69, 9.17) is 0 Å². The lowest BCUT2D eigenvalue weighted by Gasteiger charge is -2.17. The number of benzene rings is 1. The van der Waals surface area contributed by atoms with Gasteiger partial charge in [-0.1, -0.05) is 30.4 Å². The van der Waals surface area contributed by atoms with E-state index >= 15 is 0 Å². The number of Topliss-reactive ketones (excluding diaryl/α,β-unsaturated/α-hetero) is 1. The fraction of sp³-hybridized carbons (Fsp3) is 0.294. The number of nitrogens with zero attached hydrogens (tertiary/aromatic N) is 1. The van der Waals surface area contributed by atoms with E-state index in [0.717, 1.165) is 29.3 Å². The fourth-order valence-electron chi connectivity index (χ4n) is 3.58. The van der Waals surface area contributed by atoms with Crippen LogP contribution in [0.25, 0.3) is 10.9 Å². The third-order valence-electron chi connectivity index (χ3n) is 4.51. The molecule has 4 rings (SSSR count). The molecule has 2 aliphatic rings. The molecule has 1 aromatic carbocycles. The van der Waals surface area contributed by atoms with E-state index in [0.29, 0.717) is 11.8 Å². The number of hydrogen-bond donors (Lipinski definition) is 0. The van der Waals surface area contributed by atoms with Gasteiger partial charge in [0, 0.05) is 23.1 Å². The van der Waals surface area contributed by atoms with Crippen LogP contribution in [-0.2, 0) is 0 Å². The summed E-state index contributed by atoms with van der Waals surface area (Å²) in [5.74, 6) is 1.53. The van der Waals surface area contributed by atoms with Crippen LogP contribution in [0.15, 0.2) is 48.7 Å². The number of allylic oxidation sites excluding steroid dienone is 2. The molecular weight excluding hydrogens is 234 g/mol. The summed E-state index contributed by atoms with van der Waals surface area (Å²) in [6, 6.07) is 9.82. The molecule has 2 bridgehead atoms. The Kier molecular flexibility index (Phi) is 2.31. The Labute approximate surface area is 112 Å². The molecule has 94 valence electrons. The predicted octanol–water partition coefficient (Wildman–Crippen LogP) is 3.63. The van der Waals surface area contributed by atoms with Crippen molar-refractivity contribution < 1.29 is 4.79 Å². The minimum absolute atomic E-state index is 0.169. The molecular formula is C17H15NO. The minimum atomic E-state index is 0.169. The molecule has 2 nitrogen and oxygen atoms in total.